The first-order valence-electron chi connectivity index (χ1n) is 6.78. The van der Waals surface area contributed by atoms with Gasteiger partial charge in [0.25, 0.3) is 0 Å². The molecule has 0 saturated heterocycles. The third-order valence-corrected chi connectivity index (χ3v) is 2.77. The molecule has 0 fully saturated rings. The minimum absolute atomic E-state index is 0.173. The molecule has 0 N–H and O–H groups in total. The lowest BCUT2D eigenvalue weighted by Crippen LogP contribution is -2.08. The first kappa shape index (κ1) is 14.6. The van der Waals surface area contributed by atoms with Crippen LogP contribution in [0.25, 0.3) is 0 Å². The molecular weight excluding hydrogens is 258 g/mol. The molecule has 2 aromatic heterocycles. The van der Waals surface area contributed by atoms with Crippen molar-refractivity contribution in [2.75, 3.05) is 6.61 Å². The molecule has 2 heterocycles. The summed E-state index contributed by atoms with van der Waals surface area (Å²) in [4.78, 5) is 8.58. The Hall–Kier alpha value is -1.76. The molecule has 0 radical (unpaired) electrons. The molecule has 1 atom stereocenters. The maximum Gasteiger partial charge on any atom is 0.248 e. The Morgan fingerprint density at radius 2 is 1.95 bits per heavy atom. The summed E-state index contributed by atoms with van der Waals surface area (Å²) in [5.41, 5.74) is 0. The molecule has 0 spiro atoms. The molecule has 7 heteroatoms. The number of aromatic nitrogens is 5. The summed E-state index contributed by atoms with van der Waals surface area (Å²) < 4.78 is 12.6. The quantitative estimate of drug-likeness (QED) is 0.805. The summed E-state index contributed by atoms with van der Waals surface area (Å²) in [5, 5.41) is 8.22. The fourth-order valence-corrected chi connectivity index (χ4v) is 1.75. The van der Waals surface area contributed by atoms with Crippen molar-refractivity contribution in [3.05, 3.63) is 23.4 Å². The number of ether oxygens (including phenoxy) is 1. The van der Waals surface area contributed by atoms with Gasteiger partial charge in [-0.25, -0.2) is 9.67 Å². The lowest BCUT2D eigenvalue weighted by atomic mass is 10.2. The van der Waals surface area contributed by atoms with E-state index < -0.39 is 0 Å². The van der Waals surface area contributed by atoms with Crippen molar-refractivity contribution in [2.45, 2.75) is 47.3 Å². The second kappa shape index (κ2) is 6.13. The predicted molar refractivity (Wildman–Crippen MR) is 72.1 cm³/mol. The standard InChI is InChI=1S/C13H21N5O2/c1-8(2)7-19-9(3)13-15-12(20-17-13)6-18-11(5)14-10(4)16-18/h8-9H,6-7H2,1-5H3/t9-/m0/s1. The molecule has 7 nitrogen and oxygen atoms in total. The average molecular weight is 279 g/mol. The Bertz CT molecular complexity index is 561. The van der Waals surface area contributed by atoms with E-state index in [0.717, 1.165) is 11.6 Å². The van der Waals surface area contributed by atoms with Gasteiger partial charge >= 0.3 is 0 Å². The van der Waals surface area contributed by atoms with Crippen LogP contribution in [-0.2, 0) is 11.3 Å². The van der Waals surface area contributed by atoms with Crippen LogP contribution < -0.4 is 0 Å². The highest BCUT2D eigenvalue weighted by Gasteiger charge is 2.16. The number of hydrogen-bond donors (Lipinski definition) is 0. The predicted octanol–water partition coefficient (Wildman–Crippen LogP) is 2.06. The summed E-state index contributed by atoms with van der Waals surface area (Å²) in [6.45, 7) is 11.0. The van der Waals surface area contributed by atoms with Crippen LogP contribution >= 0.6 is 0 Å². The van der Waals surface area contributed by atoms with Crippen molar-refractivity contribution < 1.29 is 9.26 Å². The first-order chi connectivity index (χ1) is 9.45. The van der Waals surface area contributed by atoms with Crippen LogP contribution in [0, 0.1) is 19.8 Å². The van der Waals surface area contributed by atoms with Crippen LogP contribution in [-0.4, -0.2) is 31.5 Å². The number of hydrogen-bond acceptors (Lipinski definition) is 6. The summed E-state index contributed by atoms with van der Waals surface area (Å²) in [6.07, 6.45) is -0.173. The molecule has 0 bridgehead atoms. The fraction of sp³-hybridized carbons (Fsp3) is 0.692. The van der Waals surface area contributed by atoms with Gasteiger partial charge in [0, 0.05) is 6.61 Å². The van der Waals surface area contributed by atoms with Gasteiger partial charge in [0.1, 0.15) is 24.3 Å². The molecule has 0 aromatic carbocycles. The number of rotatable bonds is 6. The number of aryl methyl sites for hydroxylation is 2. The molecule has 0 amide bonds. The minimum atomic E-state index is -0.173. The summed E-state index contributed by atoms with van der Waals surface area (Å²) in [6, 6.07) is 0. The molecule has 2 rings (SSSR count). The van der Waals surface area contributed by atoms with Crippen molar-refractivity contribution in [1.29, 1.82) is 0 Å². The van der Waals surface area contributed by atoms with Crippen LogP contribution in [0.2, 0.25) is 0 Å². The zero-order valence-electron chi connectivity index (χ0n) is 12.6. The molecule has 0 unspecified atom stereocenters. The summed E-state index contributed by atoms with van der Waals surface area (Å²) >= 11 is 0. The summed E-state index contributed by atoms with van der Waals surface area (Å²) in [7, 11) is 0. The van der Waals surface area contributed by atoms with Gasteiger partial charge < -0.3 is 9.26 Å². The third kappa shape index (κ3) is 3.63. The van der Waals surface area contributed by atoms with E-state index in [0.29, 0.717) is 30.8 Å². The lowest BCUT2D eigenvalue weighted by molar-refractivity contribution is 0.0402. The monoisotopic (exact) mass is 279 g/mol. The zero-order chi connectivity index (χ0) is 14.7. The molecule has 0 aliphatic rings. The van der Waals surface area contributed by atoms with E-state index in [1.165, 1.54) is 0 Å². The highest BCUT2D eigenvalue weighted by atomic mass is 16.5. The van der Waals surface area contributed by atoms with E-state index in [1.54, 1.807) is 4.68 Å². The molecule has 0 aliphatic carbocycles. The molecule has 20 heavy (non-hydrogen) atoms. The van der Waals surface area contributed by atoms with Gasteiger partial charge in [-0.15, -0.1) is 0 Å². The zero-order valence-corrected chi connectivity index (χ0v) is 12.6. The van der Waals surface area contributed by atoms with Gasteiger partial charge in [0.05, 0.1) is 0 Å². The van der Waals surface area contributed by atoms with E-state index in [9.17, 15) is 0 Å². The first-order valence-corrected chi connectivity index (χ1v) is 6.78. The minimum Gasteiger partial charge on any atom is -0.370 e. The van der Waals surface area contributed by atoms with Crippen LogP contribution in [0.5, 0.6) is 0 Å². The van der Waals surface area contributed by atoms with E-state index >= 15 is 0 Å². The molecule has 110 valence electrons. The Kier molecular flexibility index (Phi) is 4.49. The second-order valence-corrected chi connectivity index (χ2v) is 5.28. The van der Waals surface area contributed by atoms with Gasteiger partial charge in [-0.1, -0.05) is 19.0 Å². The number of nitrogens with zero attached hydrogens (tertiary/aromatic N) is 5. The Morgan fingerprint density at radius 3 is 2.55 bits per heavy atom. The van der Waals surface area contributed by atoms with Crippen molar-refractivity contribution in [3.63, 3.8) is 0 Å². The Labute approximate surface area is 118 Å². The highest BCUT2D eigenvalue weighted by molar-refractivity contribution is 4.94. The van der Waals surface area contributed by atoms with Crippen LogP contribution in [0.4, 0.5) is 0 Å². The van der Waals surface area contributed by atoms with Crippen LogP contribution in [0.15, 0.2) is 4.52 Å². The van der Waals surface area contributed by atoms with Gasteiger partial charge in [-0.05, 0) is 26.7 Å². The molecule has 2 aromatic rings. The van der Waals surface area contributed by atoms with Crippen molar-refractivity contribution >= 4 is 0 Å². The highest BCUT2D eigenvalue weighted by Crippen LogP contribution is 2.15. The Balaban J connectivity index is 2.00. The third-order valence-electron chi connectivity index (χ3n) is 2.77. The topological polar surface area (TPSA) is 78.9 Å². The van der Waals surface area contributed by atoms with E-state index in [4.69, 9.17) is 9.26 Å². The maximum absolute atomic E-state index is 5.66. The van der Waals surface area contributed by atoms with Crippen molar-refractivity contribution in [2.24, 2.45) is 5.92 Å². The van der Waals surface area contributed by atoms with E-state index in [-0.39, 0.29) is 6.10 Å². The van der Waals surface area contributed by atoms with Crippen LogP contribution in [0.1, 0.15) is 50.2 Å². The van der Waals surface area contributed by atoms with Crippen molar-refractivity contribution in [1.82, 2.24) is 24.9 Å². The van der Waals surface area contributed by atoms with E-state index in [1.807, 2.05) is 20.8 Å². The normalized spacial score (nSPS) is 13.1. The molecule has 0 aliphatic heterocycles. The average Bonchev–Trinajstić information content (AvgIpc) is 2.94. The molecule has 0 saturated carbocycles. The van der Waals surface area contributed by atoms with Crippen LogP contribution in [0.3, 0.4) is 0 Å². The lowest BCUT2D eigenvalue weighted by Gasteiger charge is -2.10. The van der Waals surface area contributed by atoms with E-state index in [2.05, 4.69) is 34.1 Å². The van der Waals surface area contributed by atoms with Gasteiger partial charge in [-0.2, -0.15) is 10.1 Å². The second-order valence-electron chi connectivity index (χ2n) is 5.28. The maximum atomic E-state index is 5.66. The fourth-order valence-electron chi connectivity index (χ4n) is 1.75. The van der Waals surface area contributed by atoms with Gasteiger partial charge in [0.2, 0.25) is 5.89 Å². The Morgan fingerprint density at radius 1 is 1.20 bits per heavy atom. The smallest absolute Gasteiger partial charge is 0.248 e. The van der Waals surface area contributed by atoms with Gasteiger partial charge in [0.15, 0.2) is 5.82 Å². The van der Waals surface area contributed by atoms with Crippen molar-refractivity contribution in [3.8, 4) is 0 Å². The SMILES string of the molecule is Cc1nc(C)n(Cc2nc([C@H](C)OCC(C)C)no2)n1. The molecular formula is C13H21N5O2. The largest absolute Gasteiger partial charge is 0.370 e. The van der Waals surface area contributed by atoms with Gasteiger partial charge in [-0.3, -0.25) is 0 Å². The summed E-state index contributed by atoms with van der Waals surface area (Å²) in [5.74, 6) is 3.11.